The predicted octanol–water partition coefficient (Wildman–Crippen LogP) is 2.57. The second-order valence-corrected chi connectivity index (χ2v) is 5.98. The van der Waals surface area contributed by atoms with Crippen molar-refractivity contribution in [2.45, 2.75) is 51.2 Å². The van der Waals surface area contributed by atoms with E-state index >= 15 is 0 Å². The molecule has 2 rings (SSSR count). The molecule has 0 radical (unpaired) electrons. The van der Waals surface area contributed by atoms with Gasteiger partial charge in [-0.05, 0) is 44.7 Å². The SMILES string of the molecule is C[C@@H](Oc1ccccc1C#N)C(=O)N1CCCC[C@@H]1CCC(=O)O. The summed E-state index contributed by atoms with van der Waals surface area (Å²) in [6.45, 7) is 2.29. The molecule has 24 heavy (non-hydrogen) atoms. The smallest absolute Gasteiger partial charge is 0.303 e. The number of likely N-dealkylation sites (tertiary alicyclic amines) is 1. The topological polar surface area (TPSA) is 90.6 Å². The summed E-state index contributed by atoms with van der Waals surface area (Å²) in [6, 6.07) is 8.79. The Hall–Kier alpha value is -2.55. The van der Waals surface area contributed by atoms with Gasteiger partial charge in [-0.15, -0.1) is 0 Å². The Kier molecular flexibility index (Phi) is 6.19. The van der Waals surface area contributed by atoms with E-state index in [0.29, 0.717) is 24.3 Å². The number of piperidine rings is 1. The first-order valence-electron chi connectivity index (χ1n) is 8.21. The predicted molar refractivity (Wildman–Crippen MR) is 87.5 cm³/mol. The summed E-state index contributed by atoms with van der Waals surface area (Å²) in [5.41, 5.74) is 0.387. The van der Waals surface area contributed by atoms with Crippen LogP contribution in [0.5, 0.6) is 5.75 Å². The maximum atomic E-state index is 12.7. The summed E-state index contributed by atoms with van der Waals surface area (Å²) in [5.74, 6) is -0.613. The van der Waals surface area contributed by atoms with Crippen molar-refractivity contribution in [2.24, 2.45) is 0 Å². The largest absolute Gasteiger partial charge is 0.481 e. The van der Waals surface area contributed by atoms with E-state index in [-0.39, 0.29) is 18.4 Å². The van der Waals surface area contributed by atoms with Crippen molar-refractivity contribution in [3.8, 4) is 11.8 Å². The van der Waals surface area contributed by atoms with Gasteiger partial charge >= 0.3 is 5.97 Å². The van der Waals surface area contributed by atoms with Crippen molar-refractivity contribution < 1.29 is 19.4 Å². The Morgan fingerprint density at radius 1 is 1.42 bits per heavy atom. The van der Waals surface area contributed by atoms with Gasteiger partial charge in [0.25, 0.3) is 5.91 Å². The van der Waals surface area contributed by atoms with Crippen LogP contribution in [0.2, 0.25) is 0 Å². The van der Waals surface area contributed by atoms with Gasteiger partial charge in [0, 0.05) is 19.0 Å². The number of para-hydroxylation sites is 1. The van der Waals surface area contributed by atoms with Crippen LogP contribution in [0.4, 0.5) is 0 Å². The summed E-state index contributed by atoms with van der Waals surface area (Å²) >= 11 is 0. The molecule has 1 saturated heterocycles. The third-order valence-electron chi connectivity index (χ3n) is 4.26. The molecule has 1 amide bonds. The Balaban J connectivity index is 2.04. The number of carbonyl (C=O) groups excluding carboxylic acids is 1. The number of rotatable bonds is 6. The summed E-state index contributed by atoms with van der Waals surface area (Å²) in [7, 11) is 0. The highest BCUT2D eigenvalue weighted by Crippen LogP contribution is 2.24. The van der Waals surface area contributed by atoms with E-state index < -0.39 is 12.1 Å². The van der Waals surface area contributed by atoms with Crippen LogP contribution in [0.15, 0.2) is 24.3 Å². The zero-order valence-corrected chi connectivity index (χ0v) is 13.8. The van der Waals surface area contributed by atoms with E-state index in [2.05, 4.69) is 0 Å². The van der Waals surface area contributed by atoms with Crippen molar-refractivity contribution in [1.29, 1.82) is 5.26 Å². The van der Waals surface area contributed by atoms with Gasteiger partial charge in [0.2, 0.25) is 0 Å². The third-order valence-corrected chi connectivity index (χ3v) is 4.26. The molecule has 0 spiro atoms. The normalized spacial score (nSPS) is 18.5. The lowest BCUT2D eigenvalue weighted by molar-refractivity contribution is -0.144. The molecule has 6 heteroatoms. The van der Waals surface area contributed by atoms with Crippen LogP contribution in [0, 0.1) is 11.3 Å². The number of hydrogen-bond acceptors (Lipinski definition) is 4. The number of ether oxygens (including phenoxy) is 1. The molecular weight excluding hydrogens is 308 g/mol. The van der Waals surface area contributed by atoms with E-state index in [4.69, 9.17) is 15.1 Å². The molecule has 6 nitrogen and oxygen atoms in total. The molecule has 128 valence electrons. The van der Waals surface area contributed by atoms with Crippen molar-refractivity contribution >= 4 is 11.9 Å². The van der Waals surface area contributed by atoms with Crippen LogP contribution in [0.3, 0.4) is 0 Å². The first-order valence-corrected chi connectivity index (χ1v) is 8.21. The molecule has 1 aromatic carbocycles. The van der Waals surface area contributed by atoms with Crippen LogP contribution in [0.25, 0.3) is 0 Å². The van der Waals surface area contributed by atoms with Crippen LogP contribution in [-0.2, 0) is 9.59 Å². The maximum Gasteiger partial charge on any atom is 0.303 e. The molecule has 1 aliphatic heterocycles. The molecule has 0 bridgehead atoms. The monoisotopic (exact) mass is 330 g/mol. The van der Waals surface area contributed by atoms with Gasteiger partial charge in [-0.1, -0.05) is 12.1 Å². The van der Waals surface area contributed by atoms with Gasteiger partial charge in [-0.25, -0.2) is 0 Å². The van der Waals surface area contributed by atoms with Gasteiger partial charge in [0.05, 0.1) is 5.56 Å². The minimum atomic E-state index is -0.847. The molecule has 1 heterocycles. The molecular formula is C18H22N2O4. The van der Waals surface area contributed by atoms with Crippen LogP contribution >= 0.6 is 0 Å². The second kappa shape index (κ2) is 8.34. The van der Waals surface area contributed by atoms with E-state index in [9.17, 15) is 9.59 Å². The molecule has 2 atom stereocenters. The Morgan fingerprint density at radius 3 is 2.88 bits per heavy atom. The first kappa shape index (κ1) is 17.8. The van der Waals surface area contributed by atoms with Crippen molar-refractivity contribution in [1.82, 2.24) is 4.90 Å². The van der Waals surface area contributed by atoms with Gasteiger partial charge < -0.3 is 14.7 Å². The number of carbonyl (C=O) groups is 2. The average molecular weight is 330 g/mol. The van der Waals surface area contributed by atoms with E-state index in [1.165, 1.54) is 0 Å². The quantitative estimate of drug-likeness (QED) is 0.865. The number of amides is 1. The molecule has 1 N–H and O–H groups in total. The lowest BCUT2D eigenvalue weighted by atomic mass is 9.97. The van der Waals surface area contributed by atoms with Crippen LogP contribution in [-0.4, -0.2) is 40.6 Å². The molecule has 0 unspecified atom stereocenters. The van der Waals surface area contributed by atoms with E-state index in [1.54, 1.807) is 36.1 Å². The highest BCUT2D eigenvalue weighted by Gasteiger charge is 2.31. The molecule has 1 fully saturated rings. The molecule has 1 aliphatic rings. The van der Waals surface area contributed by atoms with E-state index in [0.717, 1.165) is 19.3 Å². The zero-order chi connectivity index (χ0) is 17.5. The minimum Gasteiger partial charge on any atom is -0.481 e. The maximum absolute atomic E-state index is 12.7. The number of hydrogen-bond donors (Lipinski definition) is 1. The van der Waals surface area contributed by atoms with Gasteiger partial charge in [0.15, 0.2) is 6.10 Å². The number of nitrogens with zero attached hydrogens (tertiary/aromatic N) is 2. The Morgan fingerprint density at radius 2 is 2.17 bits per heavy atom. The van der Waals surface area contributed by atoms with Gasteiger partial charge in [-0.2, -0.15) is 5.26 Å². The average Bonchev–Trinajstić information content (AvgIpc) is 2.60. The first-order chi connectivity index (χ1) is 11.5. The summed E-state index contributed by atoms with van der Waals surface area (Å²) in [5, 5.41) is 18.0. The van der Waals surface area contributed by atoms with Crippen LogP contribution in [0.1, 0.15) is 44.6 Å². The number of carboxylic acids is 1. The van der Waals surface area contributed by atoms with Crippen molar-refractivity contribution in [2.75, 3.05) is 6.54 Å². The minimum absolute atomic E-state index is 0.0559. The number of nitriles is 1. The molecule has 0 aromatic heterocycles. The summed E-state index contributed by atoms with van der Waals surface area (Å²) in [6.07, 6.45) is 2.53. The van der Waals surface area contributed by atoms with Gasteiger partial charge in [-0.3, -0.25) is 9.59 Å². The highest BCUT2D eigenvalue weighted by molar-refractivity contribution is 5.81. The van der Waals surface area contributed by atoms with Gasteiger partial charge in [0.1, 0.15) is 11.8 Å². The van der Waals surface area contributed by atoms with Crippen molar-refractivity contribution in [3.63, 3.8) is 0 Å². The molecule has 0 aliphatic carbocycles. The fraction of sp³-hybridized carbons (Fsp3) is 0.500. The highest BCUT2D eigenvalue weighted by atomic mass is 16.5. The lowest BCUT2D eigenvalue weighted by Gasteiger charge is -2.37. The number of aliphatic carboxylic acids is 1. The van der Waals surface area contributed by atoms with Crippen LogP contribution < -0.4 is 4.74 Å². The molecule has 1 aromatic rings. The molecule has 0 saturated carbocycles. The summed E-state index contributed by atoms with van der Waals surface area (Å²) < 4.78 is 5.70. The summed E-state index contributed by atoms with van der Waals surface area (Å²) in [4.78, 5) is 25.3. The lowest BCUT2D eigenvalue weighted by Crippen LogP contribution is -2.49. The fourth-order valence-electron chi connectivity index (χ4n) is 3.02. The fourth-order valence-corrected chi connectivity index (χ4v) is 3.02. The standard InChI is InChI=1S/C18H22N2O4/c1-13(24-16-8-3-2-6-14(16)12-19)18(23)20-11-5-4-7-15(20)9-10-17(21)22/h2-3,6,8,13,15H,4-5,7,9-11H2,1H3,(H,21,22)/t13-,15-/m1/s1. The Labute approximate surface area is 141 Å². The third kappa shape index (κ3) is 4.48. The Bertz CT molecular complexity index is 638. The zero-order valence-electron chi connectivity index (χ0n) is 13.8. The van der Waals surface area contributed by atoms with E-state index in [1.807, 2.05) is 6.07 Å². The number of benzene rings is 1. The second-order valence-electron chi connectivity index (χ2n) is 5.98. The van der Waals surface area contributed by atoms with Crippen molar-refractivity contribution in [3.05, 3.63) is 29.8 Å². The number of carboxylic acid groups (broad SMARTS) is 1.